The third kappa shape index (κ3) is 1.96. The normalized spacial score (nSPS) is 10.0. The van der Waals surface area contributed by atoms with Crippen LogP contribution in [0.5, 0.6) is 5.75 Å². The first-order chi connectivity index (χ1) is 7.31. The molecular formula is C12H11N2O. The van der Waals surface area contributed by atoms with Gasteiger partial charge in [-0.15, -0.1) is 0 Å². The van der Waals surface area contributed by atoms with Gasteiger partial charge in [0.25, 0.3) is 0 Å². The summed E-state index contributed by atoms with van der Waals surface area (Å²) in [5, 5.41) is 0. The first kappa shape index (κ1) is 9.65. The number of ether oxygens (including phenoxy) is 1. The molecule has 0 atom stereocenters. The molecule has 75 valence electrons. The highest BCUT2D eigenvalue weighted by atomic mass is 16.5. The van der Waals surface area contributed by atoms with E-state index in [9.17, 15) is 0 Å². The quantitative estimate of drug-likeness (QED) is 0.744. The van der Waals surface area contributed by atoms with E-state index in [1.807, 2.05) is 18.2 Å². The number of rotatable bonds is 2. The maximum absolute atomic E-state index is 5.25. The summed E-state index contributed by atoms with van der Waals surface area (Å²) in [4.78, 5) is 8.36. The van der Waals surface area contributed by atoms with Gasteiger partial charge >= 0.3 is 0 Å². The van der Waals surface area contributed by atoms with E-state index in [-0.39, 0.29) is 0 Å². The molecule has 1 radical (unpaired) electrons. The van der Waals surface area contributed by atoms with E-state index < -0.39 is 0 Å². The van der Waals surface area contributed by atoms with Crippen molar-refractivity contribution in [1.82, 2.24) is 9.97 Å². The lowest BCUT2D eigenvalue weighted by molar-refractivity contribution is 0.416. The number of methoxy groups -OCH3 is 1. The first-order valence-electron chi connectivity index (χ1n) is 4.58. The molecule has 2 aromatic rings. The monoisotopic (exact) mass is 199 g/mol. The number of hydrogen-bond acceptors (Lipinski definition) is 3. The molecule has 0 spiro atoms. The standard InChI is InChI=1S/C12H11N2O/c1-9-4-5-11(15-2)10(8-9)12-13-6-3-7-14-12/h3-8H,1H2,2H3. The van der Waals surface area contributed by atoms with Crippen LogP contribution in [0.2, 0.25) is 0 Å². The van der Waals surface area contributed by atoms with Crippen LogP contribution in [0.15, 0.2) is 36.7 Å². The van der Waals surface area contributed by atoms with Crippen LogP contribution in [0.25, 0.3) is 11.4 Å². The van der Waals surface area contributed by atoms with E-state index in [0.29, 0.717) is 5.82 Å². The Morgan fingerprint density at radius 1 is 1.20 bits per heavy atom. The summed E-state index contributed by atoms with van der Waals surface area (Å²) < 4.78 is 5.25. The molecule has 1 aromatic carbocycles. The van der Waals surface area contributed by atoms with Crippen molar-refractivity contribution in [2.75, 3.05) is 7.11 Å². The van der Waals surface area contributed by atoms with Crippen LogP contribution in [-0.4, -0.2) is 17.1 Å². The van der Waals surface area contributed by atoms with Crippen LogP contribution in [0.3, 0.4) is 0 Å². The summed E-state index contributed by atoms with van der Waals surface area (Å²) in [6.07, 6.45) is 3.41. The minimum Gasteiger partial charge on any atom is -0.496 e. The smallest absolute Gasteiger partial charge is 0.162 e. The van der Waals surface area contributed by atoms with Gasteiger partial charge in [0.2, 0.25) is 0 Å². The number of aromatic nitrogens is 2. The molecule has 3 heteroatoms. The van der Waals surface area contributed by atoms with Crippen molar-refractivity contribution in [2.45, 2.75) is 0 Å². The maximum atomic E-state index is 5.25. The lowest BCUT2D eigenvalue weighted by Gasteiger charge is -2.07. The van der Waals surface area contributed by atoms with Crippen LogP contribution in [0, 0.1) is 6.92 Å². The fourth-order valence-corrected chi connectivity index (χ4v) is 1.37. The van der Waals surface area contributed by atoms with E-state index in [4.69, 9.17) is 4.74 Å². The summed E-state index contributed by atoms with van der Waals surface area (Å²) >= 11 is 0. The van der Waals surface area contributed by atoms with Gasteiger partial charge in [0, 0.05) is 12.4 Å². The molecule has 0 unspecified atom stereocenters. The largest absolute Gasteiger partial charge is 0.496 e. The minimum atomic E-state index is 0.653. The Bertz CT molecular complexity index is 454. The molecular weight excluding hydrogens is 188 g/mol. The van der Waals surface area contributed by atoms with E-state index in [1.165, 1.54) is 0 Å². The van der Waals surface area contributed by atoms with Crippen LogP contribution < -0.4 is 4.74 Å². The Morgan fingerprint density at radius 3 is 2.60 bits per heavy atom. The number of benzene rings is 1. The second kappa shape index (κ2) is 4.09. The Hall–Kier alpha value is -1.90. The highest BCUT2D eigenvalue weighted by Gasteiger charge is 2.07. The summed E-state index contributed by atoms with van der Waals surface area (Å²) in [5.74, 6) is 1.41. The molecule has 0 aliphatic rings. The van der Waals surface area contributed by atoms with Crippen molar-refractivity contribution in [1.29, 1.82) is 0 Å². The SMILES string of the molecule is [CH2]c1ccc(OC)c(-c2ncccn2)c1. The number of nitrogens with zero attached hydrogens (tertiary/aromatic N) is 2. The molecule has 1 heterocycles. The average Bonchev–Trinajstić information content (AvgIpc) is 2.30. The van der Waals surface area contributed by atoms with Crippen LogP contribution in [0.1, 0.15) is 5.56 Å². The summed E-state index contributed by atoms with van der Waals surface area (Å²) in [7, 11) is 1.63. The lowest BCUT2D eigenvalue weighted by atomic mass is 10.1. The van der Waals surface area contributed by atoms with Gasteiger partial charge in [-0.2, -0.15) is 0 Å². The third-order valence-electron chi connectivity index (χ3n) is 2.07. The second-order valence-electron chi connectivity index (χ2n) is 3.11. The highest BCUT2D eigenvalue weighted by molar-refractivity contribution is 5.65. The molecule has 0 aliphatic carbocycles. The average molecular weight is 199 g/mol. The topological polar surface area (TPSA) is 35.0 Å². The maximum Gasteiger partial charge on any atom is 0.162 e. The van der Waals surface area contributed by atoms with Gasteiger partial charge in [-0.3, -0.25) is 0 Å². The van der Waals surface area contributed by atoms with Gasteiger partial charge in [0.1, 0.15) is 5.75 Å². The van der Waals surface area contributed by atoms with Crippen molar-refractivity contribution in [3.8, 4) is 17.1 Å². The number of hydrogen-bond donors (Lipinski definition) is 0. The van der Waals surface area contributed by atoms with E-state index in [0.717, 1.165) is 16.9 Å². The predicted molar refractivity (Wildman–Crippen MR) is 58.5 cm³/mol. The molecule has 2 rings (SSSR count). The fourth-order valence-electron chi connectivity index (χ4n) is 1.37. The molecule has 0 N–H and O–H groups in total. The summed E-state index contributed by atoms with van der Waals surface area (Å²) in [6.45, 7) is 3.87. The van der Waals surface area contributed by atoms with Crippen molar-refractivity contribution < 1.29 is 4.74 Å². The Labute approximate surface area is 88.8 Å². The van der Waals surface area contributed by atoms with Crippen molar-refractivity contribution in [2.24, 2.45) is 0 Å². The third-order valence-corrected chi connectivity index (χ3v) is 2.07. The molecule has 0 aliphatic heterocycles. The van der Waals surface area contributed by atoms with Crippen LogP contribution >= 0.6 is 0 Å². The molecule has 0 saturated heterocycles. The molecule has 15 heavy (non-hydrogen) atoms. The molecule has 0 amide bonds. The minimum absolute atomic E-state index is 0.653. The van der Waals surface area contributed by atoms with Crippen molar-refractivity contribution >= 4 is 0 Å². The zero-order chi connectivity index (χ0) is 10.7. The summed E-state index contributed by atoms with van der Waals surface area (Å²) in [6, 6.07) is 7.46. The van der Waals surface area contributed by atoms with Crippen LogP contribution in [0.4, 0.5) is 0 Å². The van der Waals surface area contributed by atoms with Crippen molar-refractivity contribution in [3.63, 3.8) is 0 Å². The zero-order valence-corrected chi connectivity index (χ0v) is 8.47. The zero-order valence-electron chi connectivity index (χ0n) is 8.47. The lowest BCUT2D eigenvalue weighted by Crippen LogP contribution is -1.92. The molecule has 1 aromatic heterocycles. The van der Waals surface area contributed by atoms with Crippen LogP contribution in [-0.2, 0) is 0 Å². The fraction of sp³-hybridized carbons (Fsp3) is 0.0833. The van der Waals surface area contributed by atoms with Gasteiger partial charge in [-0.05, 0) is 30.7 Å². The predicted octanol–water partition coefficient (Wildman–Crippen LogP) is 2.33. The molecule has 0 saturated carbocycles. The van der Waals surface area contributed by atoms with E-state index in [1.54, 1.807) is 25.6 Å². The Morgan fingerprint density at radius 2 is 1.93 bits per heavy atom. The highest BCUT2D eigenvalue weighted by Crippen LogP contribution is 2.27. The first-order valence-corrected chi connectivity index (χ1v) is 4.58. The van der Waals surface area contributed by atoms with Gasteiger partial charge < -0.3 is 4.74 Å². The van der Waals surface area contributed by atoms with Gasteiger partial charge in [-0.25, -0.2) is 9.97 Å². The van der Waals surface area contributed by atoms with Gasteiger partial charge in [0.15, 0.2) is 5.82 Å². The molecule has 0 fully saturated rings. The Kier molecular flexibility index (Phi) is 2.63. The molecule has 0 bridgehead atoms. The second-order valence-corrected chi connectivity index (χ2v) is 3.11. The van der Waals surface area contributed by atoms with Gasteiger partial charge in [0.05, 0.1) is 12.7 Å². The van der Waals surface area contributed by atoms with Gasteiger partial charge in [-0.1, -0.05) is 6.07 Å². The van der Waals surface area contributed by atoms with E-state index >= 15 is 0 Å². The Balaban J connectivity index is 2.56. The molecule has 3 nitrogen and oxygen atoms in total. The van der Waals surface area contributed by atoms with Crippen molar-refractivity contribution in [3.05, 3.63) is 49.1 Å². The summed E-state index contributed by atoms with van der Waals surface area (Å²) in [5.41, 5.74) is 1.78. The van der Waals surface area contributed by atoms with E-state index in [2.05, 4.69) is 16.9 Å².